The number of benzene rings is 1. The quantitative estimate of drug-likeness (QED) is 0.616. The maximum absolute atomic E-state index is 12.8. The van der Waals surface area contributed by atoms with Gasteiger partial charge in [-0.05, 0) is 48.5 Å². The molecular formula is C20H27N3O. The summed E-state index contributed by atoms with van der Waals surface area (Å²) < 4.78 is 1.86. The first-order valence-electron chi connectivity index (χ1n) is 9.08. The van der Waals surface area contributed by atoms with Gasteiger partial charge < -0.3 is 15.3 Å². The number of aryl methyl sites for hydroxylation is 1. The highest BCUT2D eigenvalue weighted by Crippen LogP contribution is 2.26. The van der Waals surface area contributed by atoms with Crippen molar-refractivity contribution in [2.75, 3.05) is 6.54 Å². The van der Waals surface area contributed by atoms with E-state index < -0.39 is 0 Å². The molecule has 3 N–H and O–H groups in total. The SMILES string of the molecule is CCCCCCCn1ccc2c(ccc3[nH]cc(CCN)c32)c1=O. The third-order valence-corrected chi connectivity index (χ3v) is 4.80. The number of H-pyrrole nitrogens is 1. The van der Waals surface area contributed by atoms with Gasteiger partial charge in [-0.25, -0.2) is 0 Å². The van der Waals surface area contributed by atoms with Crippen LogP contribution in [0.4, 0.5) is 0 Å². The lowest BCUT2D eigenvalue weighted by molar-refractivity contribution is 0.560. The van der Waals surface area contributed by atoms with Crippen molar-refractivity contribution in [3.05, 3.63) is 46.5 Å². The Kier molecular flexibility index (Phi) is 5.36. The second-order valence-electron chi connectivity index (χ2n) is 6.53. The van der Waals surface area contributed by atoms with Crippen molar-refractivity contribution in [1.82, 2.24) is 9.55 Å². The number of pyridine rings is 1. The van der Waals surface area contributed by atoms with Crippen LogP contribution in [0.3, 0.4) is 0 Å². The minimum absolute atomic E-state index is 0.116. The number of aromatic nitrogens is 2. The minimum Gasteiger partial charge on any atom is -0.361 e. The molecule has 24 heavy (non-hydrogen) atoms. The summed E-state index contributed by atoms with van der Waals surface area (Å²) in [7, 11) is 0. The van der Waals surface area contributed by atoms with Crippen molar-refractivity contribution >= 4 is 21.7 Å². The summed E-state index contributed by atoms with van der Waals surface area (Å²) in [6.45, 7) is 3.63. The van der Waals surface area contributed by atoms with Gasteiger partial charge in [-0.1, -0.05) is 32.6 Å². The van der Waals surface area contributed by atoms with Gasteiger partial charge in [0.1, 0.15) is 0 Å². The average molecular weight is 325 g/mol. The molecule has 4 heteroatoms. The fraction of sp³-hybridized carbons (Fsp3) is 0.450. The van der Waals surface area contributed by atoms with Gasteiger partial charge in [-0.3, -0.25) is 4.79 Å². The van der Waals surface area contributed by atoms with E-state index in [1.165, 1.54) is 31.2 Å². The van der Waals surface area contributed by atoms with Crippen molar-refractivity contribution in [3.8, 4) is 0 Å². The van der Waals surface area contributed by atoms with Crippen LogP contribution < -0.4 is 11.3 Å². The van der Waals surface area contributed by atoms with Crippen molar-refractivity contribution in [2.24, 2.45) is 5.73 Å². The van der Waals surface area contributed by atoms with E-state index in [-0.39, 0.29) is 5.56 Å². The first-order valence-corrected chi connectivity index (χ1v) is 9.08. The molecule has 0 aliphatic rings. The van der Waals surface area contributed by atoms with Crippen molar-refractivity contribution in [1.29, 1.82) is 0 Å². The highest BCUT2D eigenvalue weighted by Gasteiger charge is 2.10. The van der Waals surface area contributed by atoms with E-state index in [0.29, 0.717) is 6.54 Å². The summed E-state index contributed by atoms with van der Waals surface area (Å²) in [6, 6.07) is 6.03. The normalized spacial score (nSPS) is 11.6. The van der Waals surface area contributed by atoms with E-state index in [0.717, 1.165) is 41.1 Å². The Morgan fingerprint density at radius 1 is 1.08 bits per heavy atom. The highest BCUT2D eigenvalue weighted by atomic mass is 16.1. The fourth-order valence-electron chi connectivity index (χ4n) is 3.48. The maximum Gasteiger partial charge on any atom is 0.258 e. The Hall–Kier alpha value is -2.07. The van der Waals surface area contributed by atoms with E-state index in [4.69, 9.17) is 5.73 Å². The number of hydrogen-bond acceptors (Lipinski definition) is 2. The number of unbranched alkanes of at least 4 members (excludes halogenated alkanes) is 4. The fourth-order valence-corrected chi connectivity index (χ4v) is 3.48. The lowest BCUT2D eigenvalue weighted by Gasteiger charge is -2.09. The summed E-state index contributed by atoms with van der Waals surface area (Å²) in [5.41, 5.74) is 8.10. The molecule has 0 aliphatic carbocycles. The largest absolute Gasteiger partial charge is 0.361 e. The van der Waals surface area contributed by atoms with E-state index in [1.54, 1.807) is 0 Å². The molecule has 2 heterocycles. The van der Waals surface area contributed by atoms with Gasteiger partial charge in [-0.15, -0.1) is 0 Å². The van der Waals surface area contributed by atoms with Crippen molar-refractivity contribution in [2.45, 2.75) is 52.0 Å². The smallest absolute Gasteiger partial charge is 0.258 e. The van der Waals surface area contributed by atoms with Gasteiger partial charge >= 0.3 is 0 Å². The Morgan fingerprint density at radius 3 is 2.71 bits per heavy atom. The second kappa shape index (κ2) is 7.67. The van der Waals surface area contributed by atoms with Gasteiger partial charge in [0.25, 0.3) is 5.56 Å². The first kappa shape index (κ1) is 16.8. The number of rotatable bonds is 8. The molecule has 0 bridgehead atoms. The van der Waals surface area contributed by atoms with E-state index in [2.05, 4.69) is 18.0 Å². The molecule has 3 aromatic rings. The van der Waals surface area contributed by atoms with E-state index in [1.807, 2.05) is 29.1 Å². The number of nitrogens with two attached hydrogens (primary N) is 1. The van der Waals surface area contributed by atoms with Crippen LogP contribution in [0.5, 0.6) is 0 Å². The van der Waals surface area contributed by atoms with Crippen LogP contribution in [0.1, 0.15) is 44.6 Å². The predicted octanol–water partition coefficient (Wildman–Crippen LogP) is 3.95. The molecule has 0 spiro atoms. The molecule has 2 aromatic heterocycles. The number of aromatic amines is 1. The van der Waals surface area contributed by atoms with Crippen LogP contribution in [-0.4, -0.2) is 16.1 Å². The molecule has 0 saturated carbocycles. The summed E-state index contributed by atoms with van der Waals surface area (Å²) in [5.74, 6) is 0. The summed E-state index contributed by atoms with van der Waals surface area (Å²) in [5, 5.41) is 2.98. The average Bonchev–Trinajstić information content (AvgIpc) is 3.00. The van der Waals surface area contributed by atoms with E-state index in [9.17, 15) is 4.79 Å². The van der Waals surface area contributed by atoms with Gasteiger partial charge in [0.2, 0.25) is 0 Å². The number of nitrogens with zero attached hydrogens (tertiary/aromatic N) is 1. The lowest BCUT2D eigenvalue weighted by Crippen LogP contribution is -2.19. The van der Waals surface area contributed by atoms with Crippen LogP contribution in [-0.2, 0) is 13.0 Å². The van der Waals surface area contributed by atoms with Gasteiger partial charge in [-0.2, -0.15) is 0 Å². The minimum atomic E-state index is 0.116. The van der Waals surface area contributed by atoms with Crippen LogP contribution in [0.15, 0.2) is 35.4 Å². The summed E-state index contributed by atoms with van der Waals surface area (Å²) >= 11 is 0. The Morgan fingerprint density at radius 2 is 1.92 bits per heavy atom. The van der Waals surface area contributed by atoms with Crippen molar-refractivity contribution < 1.29 is 0 Å². The molecule has 0 radical (unpaired) electrons. The van der Waals surface area contributed by atoms with E-state index >= 15 is 0 Å². The van der Waals surface area contributed by atoms with Gasteiger partial charge in [0.05, 0.1) is 0 Å². The number of hydrogen-bond donors (Lipinski definition) is 2. The molecule has 0 amide bonds. The number of fused-ring (bicyclic) bond motifs is 3. The molecular weight excluding hydrogens is 298 g/mol. The number of nitrogens with one attached hydrogen (secondary N) is 1. The zero-order valence-electron chi connectivity index (χ0n) is 14.5. The summed E-state index contributed by atoms with van der Waals surface area (Å²) in [4.78, 5) is 16.1. The zero-order valence-corrected chi connectivity index (χ0v) is 14.5. The molecule has 0 saturated heterocycles. The maximum atomic E-state index is 12.8. The summed E-state index contributed by atoms with van der Waals surface area (Å²) in [6.07, 6.45) is 10.8. The monoisotopic (exact) mass is 325 g/mol. The molecule has 3 rings (SSSR count). The molecule has 4 nitrogen and oxygen atoms in total. The molecule has 1 aromatic carbocycles. The molecule has 0 unspecified atom stereocenters. The second-order valence-corrected chi connectivity index (χ2v) is 6.53. The topological polar surface area (TPSA) is 63.8 Å². The van der Waals surface area contributed by atoms with Crippen LogP contribution in [0.25, 0.3) is 21.7 Å². The first-order chi connectivity index (χ1) is 11.8. The third-order valence-electron chi connectivity index (χ3n) is 4.80. The Labute approximate surface area is 142 Å². The zero-order chi connectivity index (χ0) is 16.9. The molecule has 128 valence electrons. The van der Waals surface area contributed by atoms with Crippen molar-refractivity contribution in [3.63, 3.8) is 0 Å². The predicted molar refractivity (Wildman–Crippen MR) is 102 cm³/mol. The highest BCUT2D eigenvalue weighted by molar-refractivity contribution is 6.07. The third kappa shape index (κ3) is 3.24. The molecule has 0 atom stereocenters. The van der Waals surface area contributed by atoms with Gasteiger partial charge in [0, 0.05) is 35.2 Å². The van der Waals surface area contributed by atoms with Crippen LogP contribution in [0, 0.1) is 0 Å². The standard InChI is InChI=1S/C20H27N3O/c1-2-3-4-5-6-12-23-13-10-16-17(20(23)24)7-8-18-19(16)15(9-11-21)14-22-18/h7-8,10,13-14,22H,2-6,9,11-12,21H2,1H3. The Balaban J connectivity index is 1.93. The molecule has 0 fully saturated rings. The van der Waals surface area contributed by atoms with Gasteiger partial charge in [0.15, 0.2) is 0 Å². The van der Waals surface area contributed by atoms with Crippen LogP contribution >= 0.6 is 0 Å². The lowest BCUT2D eigenvalue weighted by atomic mass is 10.0. The Bertz CT molecular complexity index is 876. The van der Waals surface area contributed by atoms with Crippen LogP contribution in [0.2, 0.25) is 0 Å². The molecule has 0 aliphatic heterocycles.